The summed E-state index contributed by atoms with van der Waals surface area (Å²) in [6, 6.07) is 17.7. The van der Waals surface area contributed by atoms with Gasteiger partial charge in [0, 0.05) is 33.6 Å². The molecule has 1 heterocycles. The van der Waals surface area contributed by atoms with Gasteiger partial charge in [-0.1, -0.05) is 47.5 Å². The molecule has 2 nitrogen and oxygen atoms in total. The second-order valence-corrected chi connectivity index (χ2v) is 7.23. The summed E-state index contributed by atoms with van der Waals surface area (Å²) >= 11 is 13.8. The number of thiophene rings is 1. The van der Waals surface area contributed by atoms with Crippen LogP contribution in [-0.2, 0) is 19.7 Å². The molecule has 5 heteroatoms. The number of nitrogens with one attached hydrogen (secondary N) is 1. The SMILES string of the molecule is Clc1ccc(COc2cccc(CNCc3cccs3)c2)c(Cl)c1. The van der Waals surface area contributed by atoms with Crippen molar-refractivity contribution in [2.45, 2.75) is 19.7 Å². The zero-order valence-corrected chi connectivity index (χ0v) is 15.3. The van der Waals surface area contributed by atoms with Gasteiger partial charge < -0.3 is 10.1 Å². The van der Waals surface area contributed by atoms with Crippen molar-refractivity contribution in [2.75, 3.05) is 0 Å². The maximum absolute atomic E-state index is 6.17. The fraction of sp³-hybridized carbons (Fsp3) is 0.158. The average Bonchev–Trinajstić information content (AvgIpc) is 3.08. The van der Waals surface area contributed by atoms with Gasteiger partial charge in [0.15, 0.2) is 0 Å². The van der Waals surface area contributed by atoms with Crippen molar-refractivity contribution in [3.63, 3.8) is 0 Å². The first-order valence-corrected chi connectivity index (χ1v) is 9.23. The Bertz CT molecular complexity index is 790. The third-order valence-electron chi connectivity index (χ3n) is 3.52. The highest BCUT2D eigenvalue weighted by Gasteiger charge is 2.03. The number of rotatable bonds is 7. The van der Waals surface area contributed by atoms with Crippen molar-refractivity contribution in [2.24, 2.45) is 0 Å². The van der Waals surface area contributed by atoms with Crippen LogP contribution in [0.5, 0.6) is 5.75 Å². The summed E-state index contributed by atoms with van der Waals surface area (Å²) in [5.41, 5.74) is 2.11. The summed E-state index contributed by atoms with van der Waals surface area (Å²) in [6.45, 7) is 2.10. The highest BCUT2D eigenvalue weighted by Crippen LogP contribution is 2.23. The molecule has 3 aromatic rings. The van der Waals surface area contributed by atoms with Crippen molar-refractivity contribution < 1.29 is 4.74 Å². The van der Waals surface area contributed by atoms with Gasteiger partial charge in [-0.2, -0.15) is 0 Å². The Morgan fingerprint density at radius 2 is 1.88 bits per heavy atom. The molecule has 0 aliphatic heterocycles. The van der Waals surface area contributed by atoms with Crippen LogP contribution >= 0.6 is 34.5 Å². The van der Waals surface area contributed by atoms with Crippen molar-refractivity contribution >= 4 is 34.5 Å². The van der Waals surface area contributed by atoms with E-state index in [0.717, 1.165) is 24.4 Å². The molecule has 0 fully saturated rings. The van der Waals surface area contributed by atoms with Crippen LogP contribution in [0, 0.1) is 0 Å². The normalized spacial score (nSPS) is 10.8. The van der Waals surface area contributed by atoms with E-state index in [1.165, 1.54) is 10.4 Å². The van der Waals surface area contributed by atoms with Crippen LogP contribution in [0.2, 0.25) is 10.0 Å². The first-order valence-electron chi connectivity index (χ1n) is 7.59. The van der Waals surface area contributed by atoms with Gasteiger partial charge in [0.05, 0.1) is 0 Å². The van der Waals surface area contributed by atoms with Crippen LogP contribution in [0.1, 0.15) is 16.0 Å². The van der Waals surface area contributed by atoms with E-state index in [2.05, 4.69) is 28.9 Å². The summed E-state index contributed by atoms with van der Waals surface area (Å²) in [5.74, 6) is 0.830. The molecule has 2 aromatic carbocycles. The Labute approximate surface area is 156 Å². The third kappa shape index (κ3) is 4.99. The van der Waals surface area contributed by atoms with Gasteiger partial charge in [0.2, 0.25) is 0 Å². The number of halogens is 2. The Morgan fingerprint density at radius 1 is 0.958 bits per heavy atom. The minimum Gasteiger partial charge on any atom is -0.489 e. The topological polar surface area (TPSA) is 21.3 Å². The molecule has 1 N–H and O–H groups in total. The Kier molecular flexibility index (Phi) is 6.16. The van der Waals surface area contributed by atoms with Gasteiger partial charge >= 0.3 is 0 Å². The zero-order chi connectivity index (χ0) is 16.8. The Morgan fingerprint density at radius 3 is 2.67 bits per heavy atom. The van der Waals surface area contributed by atoms with Crippen LogP contribution in [-0.4, -0.2) is 0 Å². The Hall–Kier alpha value is -1.52. The number of hydrogen-bond acceptors (Lipinski definition) is 3. The molecule has 1 aromatic heterocycles. The number of hydrogen-bond donors (Lipinski definition) is 1. The molecule has 0 spiro atoms. The summed E-state index contributed by atoms with van der Waals surface area (Å²) in [6.07, 6.45) is 0. The first kappa shape index (κ1) is 17.3. The van der Waals surface area contributed by atoms with Gasteiger partial charge in [-0.3, -0.25) is 0 Å². The van der Waals surface area contributed by atoms with E-state index in [9.17, 15) is 0 Å². The molecular formula is C19H17Cl2NOS. The second-order valence-electron chi connectivity index (χ2n) is 5.35. The van der Waals surface area contributed by atoms with E-state index >= 15 is 0 Å². The summed E-state index contributed by atoms with van der Waals surface area (Å²) in [7, 11) is 0. The van der Waals surface area contributed by atoms with Gasteiger partial charge in [-0.25, -0.2) is 0 Å². The summed E-state index contributed by atoms with van der Waals surface area (Å²) < 4.78 is 5.85. The van der Waals surface area contributed by atoms with Crippen molar-refractivity contribution in [1.82, 2.24) is 5.32 Å². The van der Waals surface area contributed by atoms with Crippen LogP contribution in [0.3, 0.4) is 0 Å². The Balaban J connectivity index is 1.54. The summed E-state index contributed by atoms with van der Waals surface area (Å²) in [5, 5.41) is 6.78. The minimum absolute atomic E-state index is 0.419. The van der Waals surface area contributed by atoms with Gasteiger partial charge in [0.1, 0.15) is 12.4 Å². The molecule has 0 unspecified atom stereocenters. The molecule has 0 saturated heterocycles. The van der Waals surface area contributed by atoms with E-state index in [4.69, 9.17) is 27.9 Å². The van der Waals surface area contributed by atoms with E-state index in [1.807, 2.05) is 30.3 Å². The van der Waals surface area contributed by atoms with Crippen LogP contribution in [0.4, 0.5) is 0 Å². The molecular weight excluding hydrogens is 361 g/mol. The molecule has 24 heavy (non-hydrogen) atoms. The largest absolute Gasteiger partial charge is 0.489 e. The molecule has 124 valence electrons. The lowest BCUT2D eigenvalue weighted by Crippen LogP contribution is -2.11. The average molecular weight is 378 g/mol. The molecule has 0 saturated carbocycles. The smallest absolute Gasteiger partial charge is 0.120 e. The van der Waals surface area contributed by atoms with Crippen molar-refractivity contribution in [3.05, 3.63) is 86.0 Å². The van der Waals surface area contributed by atoms with Gasteiger partial charge in [0.25, 0.3) is 0 Å². The van der Waals surface area contributed by atoms with Crippen molar-refractivity contribution in [3.8, 4) is 5.75 Å². The zero-order valence-electron chi connectivity index (χ0n) is 13.0. The lowest BCUT2D eigenvalue weighted by atomic mass is 10.2. The van der Waals surface area contributed by atoms with Gasteiger partial charge in [-0.05, 0) is 41.3 Å². The van der Waals surface area contributed by atoms with E-state index < -0.39 is 0 Å². The van der Waals surface area contributed by atoms with Crippen LogP contribution in [0.15, 0.2) is 60.0 Å². The molecule has 0 atom stereocenters. The molecule has 3 rings (SSSR count). The van der Waals surface area contributed by atoms with Crippen LogP contribution in [0.25, 0.3) is 0 Å². The minimum atomic E-state index is 0.419. The highest BCUT2D eigenvalue weighted by atomic mass is 35.5. The van der Waals surface area contributed by atoms with E-state index in [-0.39, 0.29) is 0 Å². The predicted octanol–water partition coefficient (Wildman–Crippen LogP) is 5.92. The second kappa shape index (κ2) is 8.54. The number of ether oxygens (including phenoxy) is 1. The maximum Gasteiger partial charge on any atom is 0.120 e. The van der Waals surface area contributed by atoms with Gasteiger partial charge in [-0.15, -0.1) is 11.3 Å². The summed E-state index contributed by atoms with van der Waals surface area (Å²) in [4.78, 5) is 1.33. The molecule has 0 aliphatic carbocycles. The first-order chi connectivity index (χ1) is 11.7. The lowest BCUT2D eigenvalue weighted by molar-refractivity contribution is 0.306. The van der Waals surface area contributed by atoms with E-state index in [1.54, 1.807) is 17.4 Å². The van der Waals surface area contributed by atoms with Crippen molar-refractivity contribution in [1.29, 1.82) is 0 Å². The quantitative estimate of drug-likeness (QED) is 0.551. The molecule has 0 bridgehead atoms. The fourth-order valence-corrected chi connectivity index (χ4v) is 3.43. The maximum atomic E-state index is 6.17. The molecule has 0 aliphatic rings. The predicted molar refractivity (Wildman–Crippen MR) is 102 cm³/mol. The fourth-order valence-electron chi connectivity index (χ4n) is 2.29. The third-order valence-corrected chi connectivity index (χ3v) is 4.98. The lowest BCUT2D eigenvalue weighted by Gasteiger charge is -2.10. The van der Waals surface area contributed by atoms with Crippen LogP contribution < -0.4 is 10.1 Å². The van der Waals surface area contributed by atoms with E-state index in [0.29, 0.717) is 16.7 Å². The molecule has 0 radical (unpaired) electrons. The monoisotopic (exact) mass is 377 g/mol. The molecule has 0 amide bonds. The number of benzene rings is 2. The standard InChI is InChI=1S/C19H17Cl2NOS/c20-16-7-6-15(19(21)10-16)13-23-17-4-1-3-14(9-17)11-22-12-18-5-2-8-24-18/h1-10,22H,11-13H2. The highest BCUT2D eigenvalue weighted by molar-refractivity contribution is 7.09.